The molecule has 0 bridgehead atoms. The van der Waals surface area contributed by atoms with Crippen molar-refractivity contribution in [2.24, 2.45) is 0 Å². The van der Waals surface area contributed by atoms with Crippen LogP contribution in [0.25, 0.3) is 0 Å². The van der Waals surface area contributed by atoms with Crippen LogP contribution in [0.2, 0.25) is 0 Å². The van der Waals surface area contributed by atoms with Crippen molar-refractivity contribution in [3.63, 3.8) is 0 Å². The summed E-state index contributed by atoms with van der Waals surface area (Å²) in [5.74, 6) is -0.224. The van der Waals surface area contributed by atoms with Gasteiger partial charge >= 0.3 is 0 Å². The smallest absolute Gasteiger partial charge is 0.255 e. The minimum Gasteiger partial charge on any atom is -0.355 e. The molecule has 7 heteroatoms. The van der Waals surface area contributed by atoms with Crippen LogP contribution in [0, 0.1) is 3.57 Å². The van der Waals surface area contributed by atoms with Crippen molar-refractivity contribution in [2.75, 3.05) is 26.2 Å². The van der Waals surface area contributed by atoms with Gasteiger partial charge in [-0.3, -0.25) is 9.59 Å². The minimum absolute atomic E-state index is 0.111. The number of hydrogen-bond donors (Lipinski definition) is 2. The maximum atomic E-state index is 12.8. The Morgan fingerprint density at radius 3 is 3.00 bits per heavy atom. The van der Waals surface area contributed by atoms with Crippen LogP contribution < -0.4 is 10.6 Å². The fourth-order valence-corrected chi connectivity index (χ4v) is 3.20. The summed E-state index contributed by atoms with van der Waals surface area (Å²) in [7, 11) is 0. The van der Waals surface area contributed by atoms with Gasteiger partial charge in [0.05, 0.1) is 5.56 Å². The van der Waals surface area contributed by atoms with Gasteiger partial charge in [-0.05, 0) is 63.6 Å². The van der Waals surface area contributed by atoms with E-state index in [4.69, 9.17) is 0 Å². The van der Waals surface area contributed by atoms with E-state index in [-0.39, 0.29) is 11.8 Å². The van der Waals surface area contributed by atoms with E-state index in [1.807, 2.05) is 25.1 Å². The van der Waals surface area contributed by atoms with Crippen molar-refractivity contribution in [2.45, 2.75) is 13.0 Å². The number of rotatable bonds is 3. The molecular weight excluding hydrogens is 449 g/mol. The second-order valence-corrected chi connectivity index (χ2v) is 6.84. The summed E-state index contributed by atoms with van der Waals surface area (Å²) < 4.78 is 1.74. The van der Waals surface area contributed by atoms with Crippen LogP contribution >= 0.6 is 38.5 Å². The average Bonchev–Trinajstić information content (AvgIpc) is 2.49. The lowest BCUT2D eigenvalue weighted by atomic mass is 10.1. The predicted octanol–water partition coefficient (Wildman–Crippen LogP) is 1.60. The molecule has 1 heterocycles. The van der Waals surface area contributed by atoms with Gasteiger partial charge in [-0.25, -0.2) is 0 Å². The van der Waals surface area contributed by atoms with Gasteiger partial charge < -0.3 is 15.5 Å². The Morgan fingerprint density at radius 2 is 2.29 bits per heavy atom. The molecule has 0 aliphatic carbocycles. The molecule has 1 aliphatic heterocycles. The number of benzene rings is 1. The first kappa shape index (κ1) is 16.7. The highest BCUT2D eigenvalue weighted by Gasteiger charge is 2.33. The van der Waals surface area contributed by atoms with E-state index in [0.717, 1.165) is 8.04 Å². The van der Waals surface area contributed by atoms with E-state index < -0.39 is 6.04 Å². The summed E-state index contributed by atoms with van der Waals surface area (Å²) in [6.45, 7) is 4.14. The van der Waals surface area contributed by atoms with Gasteiger partial charge in [0.1, 0.15) is 6.04 Å². The highest BCUT2D eigenvalue weighted by Crippen LogP contribution is 2.22. The zero-order valence-electron chi connectivity index (χ0n) is 11.7. The number of piperazine rings is 1. The standard InChI is InChI=1S/C14H17BrIN3O2/c1-2-18-13(20)12-8-17-5-6-19(12)14(21)10-7-9(16)3-4-11(10)15/h3-4,7,12,17H,2,5-6,8H2,1H3,(H,18,20). The molecule has 0 aromatic heterocycles. The number of amides is 2. The number of carbonyl (C=O) groups is 2. The van der Waals surface area contributed by atoms with E-state index in [9.17, 15) is 9.59 Å². The topological polar surface area (TPSA) is 61.4 Å². The molecule has 1 aliphatic rings. The number of likely N-dealkylation sites (N-methyl/N-ethyl adjacent to an activating group) is 1. The van der Waals surface area contributed by atoms with Crippen LogP contribution in [0.4, 0.5) is 0 Å². The Bertz CT molecular complexity index is 553. The number of carbonyl (C=O) groups excluding carboxylic acids is 2. The SMILES string of the molecule is CCNC(=O)C1CNCCN1C(=O)c1cc(I)ccc1Br. The Labute approximate surface area is 146 Å². The highest BCUT2D eigenvalue weighted by molar-refractivity contribution is 14.1. The van der Waals surface area contributed by atoms with E-state index in [1.165, 1.54) is 0 Å². The van der Waals surface area contributed by atoms with Crippen LogP contribution in [0.3, 0.4) is 0 Å². The van der Waals surface area contributed by atoms with Crippen LogP contribution in [0.15, 0.2) is 22.7 Å². The molecule has 0 saturated carbocycles. The zero-order valence-corrected chi connectivity index (χ0v) is 15.4. The van der Waals surface area contributed by atoms with Gasteiger partial charge in [0.15, 0.2) is 0 Å². The van der Waals surface area contributed by atoms with Crippen molar-refractivity contribution in [3.05, 3.63) is 31.8 Å². The molecule has 0 spiro atoms. The Morgan fingerprint density at radius 1 is 1.52 bits per heavy atom. The summed E-state index contributed by atoms with van der Waals surface area (Å²) in [5, 5.41) is 5.96. The van der Waals surface area contributed by atoms with Crippen LogP contribution in [0.1, 0.15) is 17.3 Å². The number of halogens is 2. The monoisotopic (exact) mass is 465 g/mol. The van der Waals surface area contributed by atoms with Gasteiger partial charge in [-0.2, -0.15) is 0 Å². The van der Waals surface area contributed by atoms with Gasteiger partial charge in [0.2, 0.25) is 5.91 Å². The Balaban J connectivity index is 2.26. The fraction of sp³-hybridized carbons (Fsp3) is 0.429. The molecule has 1 saturated heterocycles. The first-order valence-corrected chi connectivity index (χ1v) is 8.66. The molecule has 21 heavy (non-hydrogen) atoms. The van der Waals surface area contributed by atoms with Crippen molar-refractivity contribution >= 4 is 50.3 Å². The number of hydrogen-bond acceptors (Lipinski definition) is 3. The summed E-state index contributed by atoms with van der Waals surface area (Å²) >= 11 is 5.59. The van der Waals surface area contributed by atoms with E-state index in [0.29, 0.717) is 31.7 Å². The molecule has 1 atom stereocenters. The summed E-state index contributed by atoms with van der Waals surface area (Å²) in [5.41, 5.74) is 0.595. The lowest BCUT2D eigenvalue weighted by molar-refractivity contribution is -0.126. The molecule has 1 fully saturated rings. The first-order chi connectivity index (χ1) is 10.0. The van der Waals surface area contributed by atoms with Gasteiger partial charge in [-0.1, -0.05) is 0 Å². The minimum atomic E-state index is -0.462. The van der Waals surface area contributed by atoms with E-state index in [1.54, 1.807) is 4.90 Å². The van der Waals surface area contributed by atoms with Gasteiger partial charge in [0, 0.05) is 34.2 Å². The summed E-state index contributed by atoms with van der Waals surface area (Å²) in [6, 6.07) is 5.17. The van der Waals surface area contributed by atoms with Crippen LogP contribution in [-0.2, 0) is 4.79 Å². The summed E-state index contributed by atoms with van der Waals surface area (Å²) in [4.78, 5) is 26.6. The number of nitrogens with zero attached hydrogens (tertiary/aromatic N) is 1. The third kappa shape index (κ3) is 3.95. The van der Waals surface area contributed by atoms with Crippen molar-refractivity contribution in [1.82, 2.24) is 15.5 Å². The largest absolute Gasteiger partial charge is 0.355 e. The molecule has 1 aromatic carbocycles. The number of nitrogens with one attached hydrogen (secondary N) is 2. The molecule has 2 N–H and O–H groups in total. The Kier molecular flexibility index (Phi) is 6.00. The van der Waals surface area contributed by atoms with Crippen molar-refractivity contribution in [1.29, 1.82) is 0 Å². The van der Waals surface area contributed by atoms with Crippen LogP contribution in [-0.4, -0.2) is 48.9 Å². The highest BCUT2D eigenvalue weighted by atomic mass is 127. The van der Waals surface area contributed by atoms with E-state index >= 15 is 0 Å². The maximum absolute atomic E-state index is 12.8. The molecule has 1 aromatic rings. The quantitative estimate of drug-likeness (QED) is 0.666. The maximum Gasteiger partial charge on any atom is 0.255 e. The van der Waals surface area contributed by atoms with Gasteiger partial charge in [0.25, 0.3) is 5.91 Å². The van der Waals surface area contributed by atoms with Crippen molar-refractivity contribution in [3.8, 4) is 0 Å². The molecule has 5 nitrogen and oxygen atoms in total. The third-order valence-corrected chi connectivity index (χ3v) is 4.68. The lowest BCUT2D eigenvalue weighted by Crippen LogP contribution is -2.59. The van der Waals surface area contributed by atoms with Gasteiger partial charge in [-0.15, -0.1) is 0 Å². The first-order valence-electron chi connectivity index (χ1n) is 6.79. The molecular formula is C14H17BrIN3O2. The molecule has 0 radical (unpaired) electrons. The fourth-order valence-electron chi connectivity index (χ4n) is 2.29. The molecule has 114 valence electrons. The second kappa shape index (κ2) is 7.55. The Hall–Kier alpha value is -0.670. The molecule has 1 unspecified atom stereocenters. The molecule has 2 amide bonds. The van der Waals surface area contributed by atoms with Crippen LogP contribution in [0.5, 0.6) is 0 Å². The lowest BCUT2D eigenvalue weighted by Gasteiger charge is -2.35. The molecule has 2 rings (SSSR count). The third-order valence-electron chi connectivity index (χ3n) is 3.32. The predicted molar refractivity (Wildman–Crippen MR) is 93.2 cm³/mol. The zero-order chi connectivity index (χ0) is 15.4. The summed E-state index contributed by atoms with van der Waals surface area (Å²) in [6.07, 6.45) is 0. The normalized spacial score (nSPS) is 18.4. The second-order valence-electron chi connectivity index (χ2n) is 4.74. The van der Waals surface area contributed by atoms with Crippen molar-refractivity contribution < 1.29 is 9.59 Å². The van der Waals surface area contributed by atoms with E-state index in [2.05, 4.69) is 49.2 Å². The average molecular weight is 466 g/mol.